The highest BCUT2D eigenvalue weighted by molar-refractivity contribution is 7.20. The molecular weight excluding hydrogens is 232 g/mol. The van der Waals surface area contributed by atoms with Crippen LogP contribution < -0.4 is 0 Å². The Morgan fingerprint density at radius 1 is 1.40 bits per heavy atom. The molecule has 0 aliphatic carbocycles. The first-order valence-electron chi connectivity index (χ1n) is 4.60. The molecule has 2 nitrogen and oxygen atoms in total. The molecule has 1 heterocycles. The van der Waals surface area contributed by atoms with Crippen LogP contribution >= 0.6 is 22.9 Å². The van der Waals surface area contributed by atoms with Crippen LogP contribution in [0.5, 0.6) is 0 Å². The van der Waals surface area contributed by atoms with Crippen LogP contribution in [-0.2, 0) is 0 Å². The van der Waals surface area contributed by atoms with E-state index in [1.807, 2.05) is 26.0 Å². The highest BCUT2D eigenvalue weighted by Gasteiger charge is 2.09. The van der Waals surface area contributed by atoms with Crippen LogP contribution in [0.2, 0.25) is 5.02 Å². The minimum atomic E-state index is -0.905. The van der Waals surface area contributed by atoms with Gasteiger partial charge >= 0.3 is 5.97 Å². The van der Waals surface area contributed by atoms with Crippen LogP contribution in [0.4, 0.5) is 0 Å². The summed E-state index contributed by atoms with van der Waals surface area (Å²) in [5, 5.41) is 10.2. The van der Waals surface area contributed by atoms with Gasteiger partial charge in [-0.05, 0) is 18.2 Å². The summed E-state index contributed by atoms with van der Waals surface area (Å²) in [6.07, 6.45) is 0. The lowest BCUT2D eigenvalue weighted by Gasteiger charge is -1.89. The van der Waals surface area contributed by atoms with Crippen LogP contribution in [0, 0.1) is 0 Å². The molecule has 80 valence electrons. The van der Waals surface area contributed by atoms with Crippen LogP contribution in [0.25, 0.3) is 10.1 Å². The highest BCUT2D eigenvalue weighted by Crippen LogP contribution is 2.30. The molecule has 0 unspecified atom stereocenters. The molecule has 0 fully saturated rings. The van der Waals surface area contributed by atoms with E-state index < -0.39 is 5.97 Å². The van der Waals surface area contributed by atoms with Crippen molar-refractivity contribution in [3.63, 3.8) is 0 Å². The first-order chi connectivity index (χ1) is 7.18. The fourth-order valence-electron chi connectivity index (χ4n) is 1.13. The van der Waals surface area contributed by atoms with Crippen LogP contribution in [0.15, 0.2) is 24.3 Å². The number of benzene rings is 1. The molecule has 0 saturated heterocycles. The Morgan fingerprint density at radius 2 is 2.07 bits per heavy atom. The van der Waals surface area contributed by atoms with Gasteiger partial charge in [0.05, 0.1) is 0 Å². The molecule has 0 radical (unpaired) electrons. The van der Waals surface area contributed by atoms with Crippen molar-refractivity contribution in [1.82, 2.24) is 0 Å². The van der Waals surface area contributed by atoms with Gasteiger partial charge in [-0.15, -0.1) is 11.3 Å². The van der Waals surface area contributed by atoms with E-state index in [0.29, 0.717) is 9.90 Å². The maximum absolute atomic E-state index is 10.6. The van der Waals surface area contributed by atoms with Gasteiger partial charge in [0.15, 0.2) is 0 Å². The highest BCUT2D eigenvalue weighted by atomic mass is 35.5. The summed E-state index contributed by atoms with van der Waals surface area (Å²) >= 11 is 7.12. The molecule has 0 spiro atoms. The molecule has 0 amide bonds. The monoisotopic (exact) mass is 242 g/mol. The molecule has 1 aromatic carbocycles. The first-order valence-corrected chi connectivity index (χ1v) is 5.79. The van der Waals surface area contributed by atoms with Crippen molar-refractivity contribution in [2.45, 2.75) is 13.8 Å². The van der Waals surface area contributed by atoms with Crippen molar-refractivity contribution in [1.29, 1.82) is 0 Å². The third-order valence-corrected chi connectivity index (χ3v) is 3.14. The molecule has 2 aromatic rings. The summed E-state index contributed by atoms with van der Waals surface area (Å²) < 4.78 is 0.907. The molecule has 0 bridgehead atoms. The lowest BCUT2D eigenvalue weighted by molar-refractivity contribution is 0.0702. The van der Waals surface area contributed by atoms with Crippen molar-refractivity contribution < 1.29 is 9.90 Å². The number of hydrogen-bond acceptors (Lipinski definition) is 2. The van der Waals surface area contributed by atoms with Crippen molar-refractivity contribution >= 4 is 39.0 Å². The van der Waals surface area contributed by atoms with Gasteiger partial charge in [0.25, 0.3) is 0 Å². The molecule has 1 aromatic heterocycles. The van der Waals surface area contributed by atoms with E-state index in [0.717, 1.165) is 10.1 Å². The second-order valence-corrected chi connectivity index (χ2v) is 4.06. The zero-order valence-electron chi connectivity index (χ0n) is 8.45. The number of aromatic carboxylic acids is 1. The summed E-state index contributed by atoms with van der Waals surface area (Å²) in [7, 11) is 0. The molecule has 0 aliphatic rings. The average molecular weight is 243 g/mol. The average Bonchev–Trinajstić information content (AvgIpc) is 2.66. The Bertz CT molecular complexity index is 476. The van der Waals surface area contributed by atoms with Gasteiger partial charge in [-0.3, -0.25) is 0 Å². The number of carboxylic acid groups (broad SMARTS) is 1. The first kappa shape index (κ1) is 12.0. The summed E-state index contributed by atoms with van der Waals surface area (Å²) in [5.74, 6) is -0.905. The largest absolute Gasteiger partial charge is 0.477 e. The van der Waals surface area contributed by atoms with Gasteiger partial charge in [-0.25, -0.2) is 4.79 Å². The van der Waals surface area contributed by atoms with Gasteiger partial charge in [0, 0.05) is 15.1 Å². The third-order valence-electron chi connectivity index (χ3n) is 1.72. The van der Waals surface area contributed by atoms with E-state index in [1.54, 1.807) is 12.1 Å². The quantitative estimate of drug-likeness (QED) is 0.811. The third kappa shape index (κ3) is 2.49. The minimum Gasteiger partial charge on any atom is -0.477 e. The number of hydrogen-bond donors (Lipinski definition) is 1. The second kappa shape index (κ2) is 5.14. The summed E-state index contributed by atoms with van der Waals surface area (Å²) in [6, 6.07) is 7.03. The van der Waals surface area contributed by atoms with E-state index in [9.17, 15) is 4.79 Å². The van der Waals surface area contributed by atoms with E-state index in [2.05, 4.69) is 0 Å². The lowest BCUT2D eigenvalue weighted by atomic mass is 10.2. The van der Waals surface area contributed by atoms with Crippen molar-refractivity contribution in [3.8, 4) is 0 Å². The van der Waals surface area contributed by atoms with E-state index in [4.69, 9.17) is 16.7 Å². The predicted octanol–water partition coefficient (Wildman–Crippen LogP) is 4.28. The van der Waals surface area contributed by atoms with Crippen molar-refractivity contribution in [2.24, 2.45) is 0 Å². The van der Waals surface area contributed by atoms with Crippen LogP contribution in [0.3, 0.4) is 0 Å². The number of halogens is 1. The van der Waals surface area contributed by atoms with Gasteiger partial charge in [0.1, 0.15) is 4.88 Å². The molecular formula is C11H11ClO2S. The van der Waals surface area contributed by atoms with E-state index in [-0.39, 0.29) is 0 Å². The lowest BCUT2D eigenvalue weighted by Crippen LogP contribution is -1.89. The Morgan fingerprint density at radius 3 is 2.60 bits per heavy atom. The van der Waals surface area contributed by atoms with Crippen molar-refractivity contribution in [2.75, 3.05) is 0 Å². The number of fused-ring (bicyclic) bond motifs is 1. The summed E-state index contributed by atoms with van der Waals surface area (Å²) in [4.78, 5) is 11.0. The van der Waals surface area contributed by atoms with Crippen molar-refractivity contribution in [3.05, 3.63) is 34.2 Å². The number of thiophene rings is 1. The van der Waals surface area contributed by atoms with Gasteiger partial charge in [-0.2, -0.15) is 0 Å². The fraction of sp³-hybridized carbons (Fsp3) is 0.182. The maximum atomic E-state index is 10.6. The Labute approximate surface area is 97.1 Å². The van der Waals surface area contributed by atoms with Gasteiger partial charge in [-0.1, -0.05) is 31.5 Å². The summed E-state index contributed by atoms with van der Waals surface area (Å²) in [6.45, 7) is 4.00. The Balaban J connectivity index is 0.000000531. The standard InChI is InChI=1S/C9H5ClO2S.C2H6/c10-6-2-1-3-7-5(6)4-8(13-7)9(11)12;1-2/h1-4H,(H,11,12);1-2H3. The molecule has 2 rings (SSSR count). The molecule has 0 saturated carbocycles. The van der Waals surface area contributed by atoms with Gasteiger partial charge in [0.2, 0.25) is 0 Å². The van der Waals surface area contributed by atoms with Gasteiger partial charge < -0.3 is 5.11 Å². The van der Waals surface area contributed by atoms with Crippen LogP contribution in [-0.4, -0.2) is 11.1 Å². The van der Waals surface area contributed by atoms with E-state index >= 15 is 0 Å². The number of carboxylic acids is 1. The smallest absolute Gasteiger partial charge is 0.345 e. The topological polar surface area (TPSA) is 37.3 Å². The minimum absolute atomic E-state index is 0.322. The summed E-state index contributed by atoms with van der Waals surface area (Å²) in [5.41, 5.74) is 0. The Kier molecular flexibility index (Phi) is 4.12. The fourth-order valence-corrected chi connectivity index (χ4v) is 2.34. The maximum Gasteiger partial charge on any atom is 0.345 e. The normalized spacial score (nSPS) is 9.53. The predicted molar refractivity (Wildman–Crippen MR) is 65.1 cm³/mol. The van der Waals surface area contributed by atoms with Crippen LogP contribution in [0.1, 0.15) is 23.5 Å². The molecule has 0 atom stereocenters. The molecule has 0 aliphatic heterocycles. The second-order valence-electron chi connectivity index (χ2n) is 2.57. The molecule has 4 heteroatoms. The number of rotatable bonds is 1. The Hall–Kier alpha value is -1.06. The van der Waals surface area contributed by atoms with E-state index in [1.165, 1.54) is 11.3 Å². The SMILES string of the molecule is CC.O=C(O)c1cc2c(Cl)cccc2s1. The zero-order valence-corrected chi connectivity index (χ0v) is 10.0. The zero-order chi connectivity index (χ0) is 11.4. The molecule has 1 N–H and O–H groups in total. The number of carbonyl (C=O) groups is 1. The molecule has 15 heavy (non-hydrogen) atoms.